The number of hydrogen-bond donors (Lipinski definition) is 1. The second-order valence-corrected chi connectivity index (χ2v) is 5.13. The van der Waals surface area contributed by atoms with Crippen molar-refractivity contribution in [2.75, 3.05) is 0 Å². The van der Waals surface area contributed by atoms with E-state index in [0.29, 0.717) is 11.4 Å². The van der Waals surface area contributed by atoms with E-state index in [9.17, 15) is 4.79 Å². The van der Waals surface area contributed by atoms with Crippen LogP contribution in [0.25, 0.3) is 10.9 Å². The number of pyridine rings is 1. The number of carbonyl (C=O) groups is 1. The molecular weight excluding hydrogens is 260 g/mol. The summed E-state index contributed by atoms with van der Waals surface area (Å²) in [5.74, 6) is 0.00941. The lowest BCUT2D eigenvalue weighted by Crippen LogP contribution is -2.33. The smallest absolute Gasteiger partial charge is 0.226 e. The highest BCUT2D eigenvalue weighted by molar-refractivity contribution is 6.31. The summed E-state index contributed by atoms with van der Waals surface area (Å²) in [4.78, 5) is 16.3. The molecule has 0 aliphatic carbocycles. The van der Waals surface area contributed by atoms with E-state index < -0.39 is 0 Å². The molecule has 3 nitrogen and oxygen atoms in total. The summed E-state index contributed by atoms with van der Waals surface area (Å²) >= 11 is 5.92. The Hall–Kier alpha value is -1.61. The van der Waals surface area contributed by atoms with Gasteiger partial charge in [0.05, 0.1) is 17.6 Å². The Morgan fingerprint density at radius 1 is 1.37 bits per heavy atom. The molecule has 1 amide bonds. The predicted molar refractivity (Wildman–Crippen MR) is 78.4 cm³/mol. The molecule has 1 atom stereocenters. The number of aromatic nitrogens is 1. The second kappa shape index (κ2) is 6.02. The van der Waals surface area contributed by atoms with Crippen molar-refractivity contribution in [3.05, 3.63) is 41.0 Å². The Morgan fingerprint density at radius 3 is 2.89 bits per heavy atom. The lowest BCUT2D eigenvalue weighted by atomic mass is 10.1. The lowest BCUT2D eigenvalue weighted by molar-refractivity contribution is -0.121. The van der Waals surface area contributed by atoms with Crippen LogP contribution in [-0.2, 0) is 11.2 Å². The minimum absolute atomic E-state index is 0.00941. The molecular formula is C15H17ClN2O. The maximum atomic E-state index is 11.8. The van der Waals surface area contributed by atoms with Crippen LogP contribution < -0.4 is 5.32 Å². The summed E-state index contributed by atoms with van der Waals surface area (Å²) < 4.78 is 0. The summed E-state index contributed by atoms with van der Waals surface area (Å²) in [5.41, 5.74) is 1.63. The molecule has 4 heteroatoms. The van der Waals surface area contributed by atoms with Crippen LogP contribution in [-0.4, -0.2) is 16.9 Å². The minimum Gasteiger partial charge on any atom is -0.353 e. The zero-order valence-electron chi connectivity index (χ0n) is 11.1. The molecule has 0 saturated heterocycles. The van der Waals surface area contributed by atoms with Crippen LogP contribution in [0.15, 0.2) is 30.3 Å². The molecule has 1 heterocycles. The Bertz CT molecular complexity index is 598. The summed E-state index contributed by atoms with van der Waals surface area (Å²) in [6.07, 6.45) is 1.23. The van der Waals surface area contributed by atoms with Crippen LogP contribution in [0.1, 0.15) is 26.0 Å². The zero-order valence-corrected chi connectivity index (χ0v) is 11.9. The van der Waals surface area contributed by atoms with E-state index in [2.05, 4.69) is 10.3 Å². The third-order valence-electron chi connectivity index (χ3n) is 3.07. The van der Waals surface area contributed by atoms with E-state index in [1.165, 1.54) is 0 Å². The third-order valence-corrected chi connectivity index (χ3v) is 3.31. The number of hydrogen-bond acceptors (Lipinski definition) is 2. The van der Waals surface area contributed by atoms with Gasteiger partial charge in [0.15, 0.2) is 0 Å². The summed E-state index contributed by atoms with van der Waals surface area (Å²) in [6.45, 7) is 4.04. The average molecular weight is 277 g/mol. The van der Waals surface area contributed by atoms with Crippen molar-refractivity contribution in [1.82, 2.24) is 10.3 Å². The molecule has 0 saturated carbocycles. The molecule has 2 aromatic rings. The molecule has 2 rings (SSSR count). The largest absolute Gasteiger partial charge is 0.353 e. The number of nitrogens with one attached hydrogen (secondary N) is 1. The fourth-order valence-electron chi connectivity index (χ4n) is 1.83. The maximum Gasteiger partial charge on any atom is 0.226 e. The topological polar surface area (TPSA) is 42.0 Å². The molecule has 1 aromatic carbocycles. The number of fused-ring (bicyclic) bond motifs is 1. The third kappa shape index (κ3) is 3.67. The maximum absolute atomic E-state index is 11.8. The second-order valence-electron chi connectivity index (χ2n) is 4.69. The van der Waals surface area contributed by atoms with Gasteiger partial charge in [-0.15, -0.1) is 0 Å². The molecule has 19 heavy (non-hydrogen) atoms. The molecule has 0 bridgehead atoms. The van der Waals surface area contributed by atoms with Crippen LogP contribution >= 0.6 is 11.6 Å². The van der Waals surface area contributed by atoms with Gasteiger partial charge < -0.3 is 5.32 Å². The highest BCUT2D eigenvalue weighted by atomic mass is 35.5. The molecule has 100 valence electrons. The van der Waals surface area contributed by atoms with Crippen LogP contribution in [0, 0.1) is 0 Å². The Morgan fingerprint density at radius 2 is 2.16 bits per heavy atom. The van der Waals surface area contributed by atoms with Crippen LogP contribution in [0.4, 0.5) is 0 Å². The normalized spacial score (nSPS) is 12.4. The zero-order chi connectivity index (χ0) is 13.8. The van der Waals surface area contributed by atoms with Gasteiger partial charge in [0, 0.05) is 16.5 Å². The molecule has 0 spiro atoms. The van der Waals surface area contributed by atoms with Crippen molar-refractivity contribution in [3.63, 3.8) is 0 Å². The van der Waals surface area contributed by atoms with Gasteiger partial charge in [-0.05, 0) is 37.6 Å². The van der Waals surface area contributed by atoms with Crippen LogP contribution in [0.3, 0.4) is 0 Å². The summed E-state index contributed by atoms with van der Waals surface area (Å²) in [7, 11) is 0. The first kappa shape index (κ1) is 13.8. The molecule has 1 aromatic heterocycles. The van der Waals surface area contributed by atoms with E-state index >= 15 is 0 Å². The molecule has 0 aliphatic rings. The lowest BCUT2D eigenvalue weighted by Gasteiger charge is -2.11. The highest BCUT2D eigenvalue weighted by Gasteiger charge is 2.08. The first-order valence-corrected chi connectivity index (χ1v) is 6.81. The average Bonchev–Trinajstić information content (AvgIpc) is 2.38. The van der Waals surface area contributed by atoms with Gasteiger partial charge in [-0.3, -0.25) is 9.78 Å². The predicted octanol–water partition coefficient (Wildman–Crippen LogP) is 3.35. The van der Waals surface area contributed by atoms with Crippen molar-refractivity contribution >= 4 is 28.4 Å². The SMILES string of the molecule is CCC(C)NC(=O)Cc1ccc2cc(Cl)ccc2n1. The van der Waals surface area contributed by atoms with Crippen molar-refractivity contribution < 1.29 is 4.79 Å². The van der Waals surface area contributed by atoms with Gasteiger partial charge >= 0.3 is 0 Å². The first-order valence-electron chi connectivity index (χ1n) is 6.43. The fraction of sp³-hybridized carbons (Fsp3) is 0.333. The van der Waals surface area contributed by atoms with E-state index in [4.69, 9.17) is 11.6 Å². The van der Waals surface area contributed by atoms with Gasteiger partial charge in [0.25, 0.3) is 0 Å². The van der Waals surface area contributed by atoms with Gasteiger partial charge in [-0.2, -0.15) is 0 Å². The monoisotopic (exact) mass is 276 g/mol. The fourth-order valence-corrected chi connectivity index (χ4v) is 2.01. The standard InChI is InChI=1S/C15H17ClN2O/c1-3-10(2)17-15(19)9-13-6-4-11-8-12(16)5-7-14(11)18-13/h4-8,10H,3,9H2,1-2H3,(H,17,19). The van der Waals surface area contributed by atoms with Crippen molar-refractivity contribution in [2.45, 2.75) is 32.7 Å². The number of rotatable bonds is 4. The highest BCUT2D eigenvalue weighted by Crippen LogP contribution is 2.18. The van der Waals surface area contributed by atoms with Gasteiger partial charge in [-0.1, -0.05) is 24.6 Å². The Kier molecular flexibility index (Phi) is 4.38. The van der Waals surface area contributed by atoms with Crippen molar-refractivity contribution in [1.29, 1.82) is 0 Å². The van der Waals surface area contributed by atoms with E-state index in [1.54, 1.807) is 6.07 Å². The van der Waals surface area contributed by atoms with E-state index in [-0.39, 0.29) is 11.9 Å². The van der Waals surface area contributed by atoms with Crippen molar-refractivity contribution in [2.24, 2.45) is 0 Å². The van der Waals surface area contributed by atoms with E-state index in [0.717, 1.165) is 23.0 Å². The van der Waals surface area contributed by atoms with Gasteiger partial charge in [-0.25, -0.2) is 0 Å². The number of amides is 1. The van der Waals surface area contributed by atoms with E-state index in [1.807, 2.05) is 38.1 Å². The minimum atomic E-state index is 0.00941. The molecule has 1 N–H and O–H groups in total. The first-order chi connectivity index (χ1) is 9.08. The quantitative estimate of drug-likeness (QED) is 0.930. The van der Waals surface area contributed by atoms with Crippen LogP contribution in [0.5, 0.6) is 0 Å². The molecule has 1 unspecified atom stereocenters. The number of halogens is 1. The number of carbonyl (C=O) groups excluding carboxylic acids is 1. The summed E-state index contributed by atoms with van der Waals surface area (Å²) in [5, 5.41) is 4.61. The molecule has 0 fully saturated rings. The van der Waals surface area contributed by atoms with Gasteiger partial charge in [0.1, 0.15) is 0 Å². The van der Waals surface area contributed by atoms with Crippen LogP contribution in [0.2, 0.25) is 5.02 Å². The Balaban J connectivity index is 2.13. The van der Waals surface area contributed by atoms with Crippen molar-refractivity contribution in [3.8, 4) is 0 Å². The Labute approximate surface area is 118 Å². The number of nitrogens with zero attached hydrogens (tertiary/aromatic N) is 1. The number of benzene rings is 1. The summed E-state index contributed by atoms with van der Waals surface area (Å²) in [6, 6.07) is 9.56. The van der Waals surface area contributed by atoms with Gasteiger partial charge in [0.2, 0.25) is 5.91 Å². The molecule has 0 radical (unpaired) electrons. The molecule has 0 aliphatic heterocycles.